The molecule has 2 heterocycles. The fourth-order valence-electron chi connectivity index (χ4n) is 2.79. The number of sulfonamides is 1. The lowest BCUT2D eigenvalue weighted by molar-refractivity contribution is -0.126. The van der Waals surface area contributed by atoms with Crippen LogP contribution in [-0.2, 0) is 14.8 Å². The van der Waals surface area contributed by atoms with Gasteiger partial charge in [-0.1, -0.05) is 0 Å². The fraction of sp³-hybridized carbons (Fsp3) is 0.688. The molecule has 0 spiro atoms. The minimum absolute atomic E-state index is 0.0535. The summed E-state index contributed by atoms with van der Waals surface area (Å²) in [5.74, 6) is -0.0290. The molecule has 1 aromatic heterocycles. The van der Waals surface area contributed by atoms with E-state index in [1.165, 1.54) is 15.6 Å². The van der Waals surface area contributed by atoms with Gasteiger partial charge in [0.25, 0.3) is 10.0 Å². The van der Waals surface area contributed by atoms with Gasteiger partial charge in [-0.15, -0.1) is 11.3 Å². The molecule has 0 atom stereocenters. The van der Waals surface area contributed by atoms with Gasteiger partial charge in [0, 0.05) is 30.4 Å². The Morgan fingerprint density at radius 3 is 2.54 bits per heavy atom. The lowest BCUT2D eigenvalue weighted by Crippen LogP contribution is -2.43. The maximum absolute atomic E-state index is 12.6. The number of thiophene rings is 1. The molecule has 8 heteroatoms. The molecule has 0 aliphatic carbocycles. The van der Waals surface area contributed by atoms with E-state index in [4.69, 9.17) is 0 Å². The van der Waals surface area contributed by atoms with Gasteiger partial charge in [0.15, 0.2) is 0 Å². The van der Waals surface area contributed by atoms with Gasteiger partial charge in [0.1, 0.15) is 4.21 Å². The quantitative estimate of drug-likeness (QED) is 0.736. The molecular weight excluding hydrogens is 346 g/mol. The van der Waals surface area contributed by atoms with Crippen molar-refractivity contribution < 1.29 is 13.2 Å². The van der Waals surface area contributed by atoms with Gasteiger partial charge in [-0.2, -0.15) is 4.31 Å². The van der Waals surface area contributed by atoms with Gasteiger partial charge in [0.05, 0.1) is 0 Å². The zero-order chi connectivity index (χ0) is 17.7. The Kier molecular flexibility index (Phi) is 6.79. The Morgan fingerprint density at radius 2 is 2.00 bits per heavy atom. The molecule has 2 rings (SSSR count). The first-order valence-corrected chi connectivity index (χ1v) is 10.6. The van der Waals surface area contributed by atoms with E-state index in [-0.39, 0.29) is 11.8 Å². The second kappa shape index (κ2) is 8.42. The number of piperidine rings is 1. The average Bonchev–Trinajstić information content (AvgIpc) is 2.98. The summed E-state index contributed by atoms with van der Waals surface area (Å²) in [5, 5.41) is 2.96. The second-order valence-corrected chi connectivity index (χ2v) is 9.94. The molecule has 1 fully saturated rings. The van der Waals surface area contributed by atoms with Crippen molar-refractivity contribution in [2.24, 2.45) is 5.92 Å². The van der Waals surface area contributed by atoms with Crippen molar-refractivity contribution in [3.05, 3.63) is 17.0 Å². The van der Waals surface area contributed by atoms with Gasteiger partial charge in [-0.25, -0.2) is 8.42 Å². The van der Waals surface area contributed by atoms with Crippen LogP contribution in [0.1, 0.15) is 24.1 Å². The molecule has 1 N–H and O–H groups in total. The Morgan fingerprint density at radius 1 is 1.33 bits per heavy atom. The number of nitrogens with one attached hydrogen (secondary N) is 1. The van der Waals surface area contributed by atoms with E-state index >= 15 is 0 Å². The molecule has 6 nitrogen and oxygen atoms in total. The highest BCUT2D eigenvalue weighted by atomic mass is 32.2. The molecule has 1 amide bonds. The summed E-state index contributed by atoms with van der Waals surface area (Å²) >= 11 is 1.30. The van der Waals surface area contributed by atoms with Crippen molar-refractivity contribution in [1.82, 2.24) is 14.5 Å². The summed E-state index contributed by atoms with van der Waals surface area (Å²) in [7, 11) is 0.608. The van der Waals surface area contributed by atoms with E-state index < -0.39 is 10.0 Å². The third kappa shape index (κ3) is 5.02. The number of amides is 1. The number of hydrogen-bond acceptors (Lipinski definition) is 5. The second-order valence-electron chi connectivity index (χ2n) is 6.49. The molecule has 0 aromatic carbocycles. The number of nitrogens with zero attached hydrogens (tertiary/aromatic N) is 2. The topological polar surface area (TPSA) is 69.7 Å². The largest absolute Gasteiger partial charge is 0.356 e. The SMILES string of the molecule is Cc1ccc(S(=O)(=O)N2CCC(C(=O)NCCCN(C)C)CC2)s1. The van der Waals surface area contributed by atoms with Crippen LogP contribution in [0.5, 0.6) is 0 Å². The number of hydrogen-bond donors (Lipinski definition) is 1. The van der Waals surface area contributed by atoms with Crippen LogP contribution in [0.15, 0.2) is 16.3 Å². The standard InChI is InChI=1S/C16H27N3O3S2/c1-13-5-6-15(23-13)24(21,22)19-11-7-14(8-12-19)16(20)17-9-4-10-18(2)3/h5-6,14H,4,7-12H2,1-3H3,(H,17,20). The van der Waals surface area contributed by atoms with Crippen molar-refractivity contribution in [2.45, 2.75) is 30.4 Å². The Bertz CT molecular complexity index is 647. The highest BCUT2D eigenvalue weighted by Crippen LogP contribution is 2.28. The summed E-state index contributed by atoms with van der Waals surface area (Å²) in [4.78, 5) is 15.3. The monoisotopic (exact) mass is 373 g/mol. The van der Waals surface area contributed by atoms with Crippen LogP contribution in [0.3, 0.4) is 0 Å². The smallest absolute Gasteiger partial charge is 0.252 e. The Hall–Kier alpha value is -0.960. The molecule has 0 radical (unpaired) electrons. The van der Waals surface area contributed by atoms with Gasteiger partial charge < -0.3 is 10.2 Å². The van der Waals surface area contributed by atoms with Gasteiger partial charge >= 0.3 is 0 Å². The molecule has 0 saturated carbocycles. The average molecular weight is 374 g/mol. The van der Waals surface area contributed by atoms with Crippen LogP contribution < -0.4 is 5.32 Å². The summed E-state index contributed by atoms with van der Waals surface area (Å²) in [5.41, 5.74) is 0. The number of aryl methyl sites for hydroxylation is 1. The first-order valence-electron chi connectivity index (χ1n) is 8.29. The summed E-state index contributed by atoms with van der Waals surface area (Å²) in [6.45, 7) is 4.34. The summed E-state index contributed by atoms with van der Waals surface area (Å²) < 4.78 is 27.1. The highest BCUT2D eigenvalue weighted by molar-refractivity contribution is 7.91. The lowest BCUT2D eigenvalue weighted by atomic mass is 9.97. The Balaban J connectivity index is 1.81. The van der Waals surface area contributed by atoms with Crippen molar-refractivity contribution in [3.8, 4) is 0 Å². The molecule has 1 aliphatic rings. The zero-order valence-corrected chi connectivity index (χ0v) is 16.3. The van der Waals surface area contributed by atoms with Crippen LogP contribution in [0.25, 0.3) is 0 Å². The third-order valence-corrected chi connectivity index (χ3v) is 7.58. The lowest BCUT2D eigenvalue weighted by Gasteiger charge is -2.30. The summed E-state index contributed by atoms with van der Waals surface area (Å²) in [6.07, 6.45) is 2.09. The van der Waals surface area contributed by atoms with Crippen molar-refractivity contribution in [3.63, 3.8) is 0 Å². The fourth-order valence-corrected chi connectivity index (χ4v) is 5.69. The van der Waals surface area contributed by atoms with E-state index in [1.807, 2.05) is 27.1 Å². The van der Waals surface area contributed by atoms with Crippen LogP contribution in [0.4, 0.5) is 0 Å². The van der Waals surface area contributed by atoms with Gasteiger partial charge in [-0.05, 0) is 59.0 Å². The normalized spacial score (nSPS) is 17.3. The molecule has 1 aliphatic heterocycles. The predicted molar refractivity (Wildman–Crippen MR) is 96.7 cm³/mol. The zero-order valence-electron chi connectivity index (χ0n) is 14.6. The van der Waals surface area contributed by atoms with Crippen LogP contribution >= 0.6 is 11.3 Å². The van der Waals surface area contributed by atoms with Crippen LogP contribution in [-0.4, -0.2) is 63.8 Å². The first kappa shape index (κ1) is 19.4. The molecule has 0 bridgehead atoms. The van der Waals surface area contributed by atoms with Crippen molar-refractivity contribution >= 4 is 27.3 Å². The minimum Gasteiger partial charge on any atom is -0.356 e. The number of rotatable bonds is 7. The minimum atomic E-state index is -3.41. The molecule has 0 unspecified atom stereocenters. The van der Waals surface area contributed by atoms with E-state index in [0.717, 1.165) is 17.8 Å². The first-order chi connectivity index (χ1) is 11.3. The maximum atomic E-state index is 12.6. The van der Waals surface area contributed by atoms with E-state index in [1.54, 1.807) is 6.07 Å². The Labute approximate surface area is 148 Å². The van der Waals surface area contributed by atoms with Gasteiger partial charge in [-0.3, -0.25) is 4.79 Å². The van der Waals surface area contributed by atoms with Crippen LogP contribution in [0.2, 0.25) is 0 Å². The van der Waals surface area contributed by atoms with Crippen molar-refractivity contribution in [2.75, 3.05) is 40.3 Å². The van der Waals surface area contributed by atoms with Crippen molar-refractivity contribution in [1.29, 1.82) is 0 Å². The highest BCUT2D eigenvalue weighted by Gasteiger charge is 2.32. The van der Waals surface area contributed by atoms with E-state index in [2.05, 4.69) is 10.2 Å². The number of carbonyl (C=O) groups is 1. The number of carbonyl (C=O) groups excluding carboxylic acids is 1. The third-order valence-electron chi connectivity index (χ3n) is 4.22. The van der Waals surface area contributed by atoms with E-state index in [9.17, 15) is 13.2 Å². The predicted octanol–water partition coefficient (Wildman–Crippen LogP) is 1.53. The molecular formula is C16H27N3O3S2. The molecule has 24 heavy (non-hydrogen) atoms. The van der Waals surface area contributed by atoms with Gasteiger partial charge in [0.2, 0.25) is 5.91 Å². The van der Waals surface area contributed by atoms with E-state index in [0.29, 0.717) is 36.7 Å². The molecule has 1 aromatic rings. The summed E-state index contributed by atoms with van der Waals surface area (Å²) in [6, 6.07) is 3.49. The molecule has 1 saturated heterocycles. The maximum Gasteiger partial charge on any atom is 0.252 e. The van der Waals surface area contributed by atoms with Crippen LogP contribution in [0, 0.1) is 12.8 Å². The molecule has 136 valence electrons.